The minimum absolute atomic E-state index is 0.250. The van der Waals surface area contributed by atoms with Crippen LogP contribution in [0.5, 0.6) is 0 Å². The number of carbonyl (C=O) groups is 1. The Morgan fingerprint density at radius 3 is 3.07 bits per heavy atom. The fourth-order valence-electron chi connectivity index (χ4n) is 1.40. The fraction of sp³-hybridized carbons (Fsp3) is 0.182. The van der Waals surface area contributed by atoms with E-state index >= 15 is 0 Å². The third kappa shape index (κ3) is 2.38. The van der Waals surface area contributed by atoms with Crippen LogP contribution in [-0.4, -0.2) is 5.97 Å². The second kappa shape index (κ2) is 4.33. The maximum atomic E-state index is 10.7. The molecule has 0 radical (unpaired) electrons. The number of benzene rings is 1. The van der Waals surface area contributed by atoms with Gasteiger partial charge in [-0.2, -0.15) is 0 Å². The molecule has 78 valence electrons. The Morgan fingerprint density at radius 2 is 2.33 bits per heavy atom. The molecule has 0 aliphatic heterocycles. The van der Waals surface area contributed by atoms with Gasteiger partial charge < -0.3 is 4.74 Å². The average Bonchev–Trinajstić information content (AvgIpc) is 2.61. The average molecular weight is 285 g/mol. The molecule has 2 rings (SSSR count). The zero-order valence-electron chi connectivity index (χ0n) is 8.12. The van der Waals surface area contributed by atoms with E-state index in [9.17, 15) is 4.79 Å². The van der Waals surface area contributed by atoms with Crippen LogP contribution in [0.25, 0.3) is 10.1 Å². The highest BCUT2D eigenvalue weighted by atomic mass is 79.9. The summed E-state index contributed by atoms with van der Waals surface area (Å²) in [6.45, 7) is 1.76. The van der Waals surface area contributed by atoms with Crippen molar-refractivity contribution in [2.24, 2.45) is 0 Å². The largest absolute Gasteiger partial charge is 0.461 e. The molecule has 0 amide bonds. The van der Waals surface area contributed by atoms with Crippen LogP contribution in [0.4, 0.5) is 0 Å². The third-order valence-corrected chi connectivity index (χ3v) is 3.49. The van der Waals surface area contributed by atoms with Crippen molar-refractivity contribution < 1.29 is 9.53 Å². The lowest BCUT2D eigenvalue weighted by atomic mass is 10.2. The molecule has 0 saturated carbocycles. The fourth-order valence-corrected chi connectivity index (χ4v) is 2.81. The van der Waals surface area contributed by atoms with E-state index in [2.05, 4.69) is 28.1 Å². The molecule has 0 aliphatic rings. The van der Waals surface area contributed by atoms with Crippen molar-refractivity contribution in [3.63, 3.8) is 0 Å². The maximum absolute atomic E-state index is 10.7. The lowest BCUT2D eigenvalue weighted by molar-refractivity contribution is -0.142. The van der Waals surface area contributed by atoms with Crippen molar-refractivity contribution in [1.29, 1.82) is 0 Å². The Labute approximate surface area is 100.0 Å². The molecular formula is C11H9BrO2S. The van der Waals surface area contributed by atoms with Gasteiger partial charge in [0.1, 0.15) is 6.61 Å². The van der Waals surface area contributed by atoms with Crippen molar-refractivity contribution in [2.75, 3.05) is 0 Å². The summed E-state index contributed by atoms with van der Waals surface area (Å²) in [5.74, 6) is -0.250. The number of rotatable bonds is 2. The van der Waals surface area contributed by atoms with Crippen LogP contribution in [0.15, 0.2) is 28.1 Å². The number of thiophene rings is 1. The first kappa shape index (κ1) is 10.6. The molecule has 4 heteroatoms. The monoisotopic (exact) mass is 284 g/mol. The van der Waals surface area contributed by atoms with Gasteiger partial charge in [0.2, 0.25) is 0 Å². The van der Waals surface area contributed by atoms with E-state index in [0.717, 1.165) is 10.0 Å². The van der Waals surface area contributed by atoms with Crippen LogP contribution in [0.2, 0.25) is 0 Å². The number of esters is 1. The molecule has 0 fully saturated rings. The van der Waals surface area contributed by atoms with E-state index in [0.29, 0.717) is 6.61 Å². The Bertz CT molecular complexity index is 504. The summed E-state index contributed by atoms with van der Waals surface area (Å²) in [7, 11) is 0. The van der Waals surface area contributed by atoms with Crippen molar-refractivity contribution in [3.8, 4) is 0 Å². The number of carbonyl (C=O) groups excluding carboxylic acids is 1. The Morgan fingerprint density at radius 1 is 1.53 bits per heavy atom. The van der Waals surface area contributed by atoms with E-state index in [1.54, 1.807) is 11.3 Å². The first-order chi connectivity index (χ1) is 7.16. The first-order valence-electron chi connectivity index (χ1n) is 4.46. The molecule has 1 aromatic carbocycles. The van der Waals surface area contributed by atoms with Gasteiger partial charge in [-0.1, -0.05) is 15.9 Å². The molecule has 0 atom stereocenters. The van der Waals surface area contributed by atoms with Gasteiger partial charge in [0.05, 0.1) is 0 Å². The van der Waals surface area contributed by atoms with E-state index in [1.807, 2.05) is 11.4 Å². The summed E-state index contributed by atoms with van der Waals surface area (Å²) in [6.07, 6.45) is 0. The molecule has 0 saturated heterocycles. The summed E-state index contributed by atoms with van der Waals surface area (Å²) in [5.41, 5.74) is 1.05. The van der Waals surface area contributed by atoms with E-state index < -0.39 is 0 Å². The molecule has 2 aromatic rings. The highest BCUT2D eigenvalue weighted by Gasteiger charge is 2.05. The zero-order chi connectivity index (χ0) is 10.8. The minimum Gasteiger partial charge on any atom is -0.461 e. The predicted octanol–water partition coefficient (Wildman–Crippen LogP) is 3.73. The Hall–Kier alpha value is -0.870. The third-order valence-electron chi connectivity index (χ3n) is 2.02. The van der Waals surface area contributed by atoms with Gasteiger partial charge in [-0.3, -0.25) is 4.79 Å². The molecule has 2 nitrogen and oxygen atoms in total. The first-order valence-corrected chi connectivity index (χ1v) is 6.13. The van der Waals surface area contributed by atoms with Gasteiger partial charge >= 0.3 is 5.97 Å². The molecule has 1 aromatic heterocycles. The second-order valence-electron chi connectivity index (χ2n) is 3.18. The number of hydrogen-bond acceptors (Lipinski definition) is 3. The van der Waals surface area contributed by atoms with E-state index in [4.69, 9.17) is 4.74 Å². The zero-order valence-corrected chi connectivity index (χ0v) is 10.5. The van der Waals surface area contributed by atoms with Crippen molar-refractivity contribution >= 4 is 43.3 Å². The normalized spacial score (nSPS) is 10.5. The quantitative estimate of drug-likeness (QED) is 0.786. The number of ether oxygens (including phenoxy) is 1. The number of halogens is 1. The highest BCUT2D eigenvalue weighted by molar-refractivity contribution is 9.10. The van der Waals surface area contributed by atoms with Crippen LogP contribution in [-0.2, 0) is 16.1 Å². The lowest BCUT2D eigenvalue weighted by Crippen LogP contribution is -1.98. The SMILES string of the molecule is CC(=O)OCc1cc(Br)cc2ccsc12. The number of hydrogen-bond donors (Lipinski definition) is 0. The minimum atomic E-state index is -0.250. The Kier molecular flexibility index (Phi) is 3.07. The van der Waals surface area contributed by atoms with Crippen molar-refractivity contribution in [2.45, 2.75) is 13.5 Å². The topological polar surface area (TPSA) is 26.3 Å². The van der Waals surface area contributed by atoms with Crippen LogP contribution < -0.4 is 0 Å². The molecule has 0 aliphatic carbocycles. The summed E-state index contributed by atoms with van der Waals surface area (Å²) < 4.78 is 7.20. The summed E-state index contributed by atoms with van der Waals surface area (Å²) in [4.78, 5) is 10.7. The molecular weight excluding hydrogens is 276 g/mol. The number of fused-ring (bicyclic) bond motifs is 1. The summed E-state index contributed by atoms with van der Waals surface area (Å²) >= 11 is 5.10. The highest BCUT2D eigenvalue weighted by Crippen LogP contribution is 2.29. The molecule has 15 heavy (non-hydrogen) atoms. The smallest absolute Gasteiger partial charge is 0.302 e. The van der Waals surface area contributed by atoms with Crippen molar-refractivity contribution in [1.82, 2.24) is 0 Å². The molecule has 1 heterocycles. The van der Waals surface area contributed by atoms with Crippen molar-refractivity contribution in [3.05, 3.63) is 33.6 Å². The Balaban J connectivity index is 2.39. The molecule has 0 unspecified atom stereocenters. The molecule has 0 spiro atoms. The summed E-state index contributed by atoms with van der Waals surface area (Å²) in [6, 6.07) is 6.10. The van der Waals surface area contributed by atoms with Gasteiger partial charge in [-0.05, 0) is 29.0 Å². The second-order valence-corrected chi connectivity index (χ2v) is 5.02. The van der Waals surface area contributed by atoms with Crippen LogP contribution >= 0.6 is 27.3 Å². The van der Waals surface area contributed by atoms with Crippen LogP contribution in [0, 0.1) is 0 Å². The van der Waals surface area contributed by atoms with Gasteiger partial charge in [0.25, 0.3) is 0 Å². The van der Waals surface area contributed by atoms with Gasteiger partial charge in [0.15, 0.2) is 0 Å². The van der Waals surface area contributed by atoms with E-state index in [1.165, 1.54) is 17.0 Å². The predicted molar refractivity (Wildman–Crippen MR) is 65.0 cm³/mol. The maximum Gasteiger partial charge on any atom is 0.302 e. The van der Waals surface area contributed by atoms with Gasteiger partial charge in [-0.25, -0.2) is 0 Å². The van der Waals surface area contributed by atoms with E-state index in [-0.39, 0.29) is 5.97 Å². The van der Waals surface area contributed by atoms with Crippen LogP contribution in [0.3, 0.4) is 0 Å². The standard InChI is InChI=1S/C11H9BrO2S/c1-7(13)14-6-9-5-10(12)4-8-2-3-15-11(8)9/h2-5H,6H2,1H3. The lowest BCUT2D eigenvalue weighted by Gasteiger charge is -2.04. The van der Waals surface area contributed by atoms with Crippen LogP contribution in [0.1, 0.15) is 12.5 Å². The van der Waals surface area contributed by atoms with Gasteiger partial charge in [0, 0.05) is 21.7 Å². The molecule has 0 N–H and O–H groups in total. The summed E-state index contributed by atoms with van der Waals surface area (Å²) in [5, 5.41) is 3.21. The van der Waals surface area contributed by atoms with Gasteiger partial charge in [-0.15, -0.1) is 11.3 Å². The molecule has 0 bridgehead atoms.